The number of nitrogens with one attached hydrogen (secondary N) is 2. The summed E-state index contributed by atoms with van der Waals surface area (Å²) in [5.41, 5.74) is -5.34. The number of benzene rings is 1. The van der Waals surface area contributed by atoms with Crippen molar-refractivity contribution < 1.29 is 35.9 Å². The molecule has 1 aromatic carbocycles. The molecular formula is C13H11F6N3O2. The molecule has 24 heavy (non-hydrogen) atoms. The number of amides is 1. The summed E-state index contributed by atoms with van der Waals surface area (Å²) in [6.07, 6.45) is -13.8. The zero-order valence-corrected chi connectivity index (χ0v) is 12.0. The number of anilines is 1. The second-order valence-electron chi connectivity index (χ2n) is 4.41. The number of halogens is 6. The Hall–Kier alpha value is -2.64. The summed E-state index contributed by atoms with van der Waals surface area (Å²) < 4.78 is 83.3. The lowest BCUT2D eigenvalue weighted by Crippen LogP contribution is -2.72. The number of hydrogen-bond acceptors (Lipinski definition) is 4. The summed E-state index contributed by atoms with van der Waals surface area (Å²) >= 11 is 0. The molecule has 0 heterocycles. The van der Waals surface area contributed by atoms with Gasteiger partial charge in [0.1, 0.15) is 0 Å². The van der Waals surface area contributed by atoms with Gasteiger partial charge in [-0.15, -0.1) is 0 Å². The lowest BCUT2D eigenvalue weighted by atomic mass is 10.1. The van der Waals surface area contributed by atoms with E-state index in [1.165, 1.54) is 12.2 Å². The van der Waals surface area contributed by atoms with Gasteiger partial charge in [0, 0.05) is 5.69 Å². The van der Waals surface area contributed by atoms with Crippen molar-refractivity contribution in [1.82, 2.24) is 5.32 Å². The highest BCUT2D eigenvalue weighted by molar-refractivity contribution is 5.70. The van der Waals surface area contributed by atoms with Gasteiger partial charge in [-0.2, -0.15) is 31.6 Å². The fraction of sp³-hybridized carbons (Fsp3) is 0.385. The third-order valence-electron chi connectivity index (χ3n) is 2.76. The summed E-state index contributed by atoms with van der Waals surface area (Å²) in [5, 5.41) is 10.6. The van der Waals surface area contributed by atoms with E-state index in [4.69, 9.17) is 5.26 Å². The molecule has 0 aliphatic heterocycles. The molecule has 132 valence electrons. The summed E-state index contributed by atoms with van der Waals surface area (Å²) in [5.74, 6) is 0. The highest BCUT2D eigenvalue weighted by atomic mass is 19.4. The molecule has 0 unspecified atom stereocenters. The molecule has 0 fully saturated rings. The summed E-state index contributed by atoms with van der Waals surface area (Å²) in [6.45, 7) is 0.797. The maximum absolute atomic E-state index is 13.2. The average molecular weight is 355 g/mol. The minimum absolute atomic E-state index is 0.0310. The molecule has 0 radical (unpaired) electrons. The van der Waals surface area contributed by atoms with Crippen LogP contribution in [0.5, 0.6) is 0 Å². The van der Waals surface area contributed by atoms with Crippen LogP contribution < -0.4 is 10.6 Å². The van der Waals surface area contributed by atoms with Crippen molar-refractivity contribution >= 4 is 11.8 Å². The molecule has 1 amide bonds. The molecule has 11 heteroatoms. The van der Waals surface area contributed by atoms with Crippen molar-refractivity contribution in [1.29, 1.82) is 5.26 Å². The number of rotatable bonds is 4. The fourth-order valence-electron chi connectivity index (χ4n) is 1.64. The van der Waals surface area contributed by atoms with Crippen LogP contribution in [-0.4, -0.2) is 30.7 Å². The van der Waals surface area contributed by atoms with E-state index >= 15 is 0 Å². The topological polar surface area (TPSA) is 74.2 Å². The molecule has 0 aliphatic rings. The van der Waals surface area contributed by atoms with Gasteiger partial charge in [0.25, 0.3) is 0 Å². The van der Waals surface area contributed by atoms with Crippen molar-refractivity contribution in [3.05, 3.63) is 29.8 Å². The first kappa shape index (κ1) is 19.4. The van der Waals surface area contributed by atoms with Gasteiger partial charge in [-0.3, -0.25) is 5.32 Å². The fourth-order valence-corrected chi connectivity index (χ4v) is 1.64. The van der Waals surface area contributed by atoms with Crippen molar-refractivity contribution in [3.63, 3.8) is 0 Å². The van der Waals surface area contributed by atoms with Crippen LogP contribution >= 0.6 is 0 Å². The molecule has 0 spiro atoms. The predicted octanol–water partition coefficient (Wildman–Crippen LogP) is 3.54. The van der Waals surface area contributed by atoms with Crippen LogP contribution in [0.1, 0.15) is 12.5 Å². The Balaban J connectivity index is 3.34. The van der Waals surface area contributed by atoms with Gasteiger partial charge >= 0.3 is 24.1 Å². The van der Waals surface area contributed by atoms with Crippen molar-refractivity contribution in [3.8, 4) is 6.07 Å². The van der Waals surface area contributed by atoms with Gasteiger partial charge in [0.05, 0.1) is 18.2 Å². The first-order valence-corrected chi connectivity index (χ1v) is 6.33. The number of carbonyl (C=O) groups excluding carboxylic acids is 1. The molecule has 0 saturated heterocycles. The second-order valence-corrected chi connectivity index (χ2v) is 4.41. The molecule has 5 nitrogen and oxygen atoms in total. The normalized spacial score (nSPS) is 12.2. The van der Waals surface area contributed by atoms with E-state index in [9.17, 15) is 31.1 Å². The molecule has 1 aromatic rings. The average Bonchev–Trinajstić information content (AvgIpc) is 2.45. The molecule has 0 aromatic heterocycles. The number of nitriles is 1. The Kier molecular flexibility index (Phi) is 5.54. The molecule has 2 N–H and O–H groups in total. The van der Waals surface area contributed by atoms with E-state index in [-0.39, 0.29) is 5.56 Å². The first-order valence-electron chi connectivity index (χ1n) is 6.33. The monoisotopic (exact) mass is 355 g/mol. The van der Waals surface area contributed by atoms with Gasteiger partial charge in [-0.25, -0.2) is 4.79 Å². The maximum atomic E-state index is 13.2. The third kappa shape index (κ3) is 4.01. The highest BCUT2D eigenvalue weighted by Crippen LogP contribution is 2.43. The lowest BCUT2D eigenvalue weighted by Gasteiger charge is -2.38. The summed E-state index contributed by atoms with van der Waals surface area (Å²) in [4.78, 5) is 11.2. The smallest absolute Gasteiger partial charge is 0.439 e. The van der Waals surface area contributed by atoms with Gasteiger partial charge in [0.15, 0.2) is 0 Å². The SMILES string of the molecule is CCOC(=O)NC(Nc1ccc(C#N)cc1)(C(F)(F)F)C(F)(F)F. The summed E-state index contributed by atoms with van der Waals surface area (Å²) in [6, 6.07) is 5.39. The highest BCUT2D eigenvalue weighted by Gasteiger charge is 2.73. The molecule has 0 aliphatic carbocycles. The van der Waals surface area contributed by atoms with E-state index in [1.54, 1.807) is 6.07 Å². The van der Waals surface area contributed by atoms with Crippen molar-refractivity contribution in [2.24, 2.45) is 0 Å². The lowest BCUT2D eigenvalue weighted by molar-refractivity contribution is -0.294. The van der Waals surface area contributed by atoms with E-state index < -0.39 is 36.4 Å². The third-order valence-corrected chi connectivity index (χ3v) is 2.76. The zero-order valence-electron chi connectivity index (χ0n) is 12.0. The largest absolute Gasteiger partial charge is 0.450 e. The van der Waals surface area contributed by atoms with Gasteiger partial charge in [-0.1, -0.05) is 0 Å². The number of alkyl carbamates (subject to hydrolysis) is 1. The predicted molar refractivity (Wildman–Crippen MR) is 69.8 cm³/mol. The minimum atomic E-state index is -5.94. The van der Waals surface area contributed by atoms with Crippen LogP contribution in [0.15, 0.2) is 24.3 Å². The van der Waals surface area contributed by atoms with E-state index in [1.807, 2.05) is 0 Å². The van der Waals surface area contributed by atoms with E-state index in [0.717, 1.165) is 29.6 Å². The van der Waals surface area contributed by atoms with Crippen LogP contribution in [0, 0.1) is 11.3 Å². The number of nitrogens with zero attached hydrogens (tertiary/aromatic N) is 1. The minimum Gasteiger partial charge on any atom is -0.450 e. The number of carbonyl (C=O) groups is 1. The Morgan fingerprint density at radius 1 is 1.12 bits per heavy atom. The first-order chi connectivity index (χ1) is 11.0. The standard InChI is InChI=1S/C13H11F6N3O2/c1-2-24-10(23)22-11(12(14,15)16,13(17,18)19)21-9-5-3-8(7-20)4-6-9/h3-6,21H,2H2,1H3,(H,22,23). The Morgan fingerprint density at radius 3 is 2.00 bits per heavy atom. The van der Waals surface area contributed by atoms with Crippen LogP contribution in [-0.2, 0) is 4.74 Å². The van der Waals surface area contributed by atoms with Crippen molar-refractivity contribution in [2.45, 2.75) is 24.9 Å². The maximum Gasteiger partial charge on any atom is 0.439 e. The molecular weight excluding hydrogens is 344 g/mol. The second kappa shape index (κ2) is 6.86. The Morgan fingerprint density at radius 2 is 1.62 bits per heavy atom. The van der Waals surface area contributed by atoms with Crippen LogP contribution in [0.4, 0.5) is 36.8 Å². The number of hydrogen-bond donors (Lipinski definition) is 2. The van der Waals surface area contributed by atoms with E-state index in [2.05, 4.69) is 4.74 Å². The van der Waals surface area contributed by atoms with Gasteiger partial charge < -0.3 is 10.1 Å². The number of alkyl halides is 6. The summed E-state index contributed by atoms with van der Waals surface area (Å²) in [7, 11) is 0. The molecule has 1 rings (SSSR count). The van der Waals surface area contributed by atoms with E-state index in [0.29, 0.717) is 0 Å². The van der Waals surface area contributed by atoms with Crippen molar-refractivity contribution in [2.75, 3.05) is 11.9 Å². The molecule has 0 saturated carbocycles. The quantitative estimate of drug-likeness (QED) is 0.640. The Bertz CT molecular complexity index is 605. The van der Waals surface area contributed by atoms with Gasteiger partial charge in [-0.05, 0) is 31.2 Å². The van der Waals surface area contributed by atoms with Crippen LogP contribution in [0.3, 0.4) is 0 Å². The molecule has 0 atom stereocenters. The van der Waals surface area contributed by atoms with Crippen LogP contribution in [0.25, 0.3) is 0 Å². The van der Waals surface area contributed by atoms with Crippen LogP contribution in [0.2, 0.25) is 0 Å². The number of ether oxygens (including phenoxy) is 1. The Labute approximate surface area is 132 Å². The molecule has 0 bridgehead atoms. The van der Waals surface area contributed by atoms with Gasteiger partial charge in [0.2, 0.25) is 0 Å². The zero-order chi connectivity index (χ0) is 18.6.